The fourth-order valence-electron chi connectivity index (χ4n) is 3.76. The molecule has 0 aromatic heterocycles. The average molecular weight is 360 g/mol. The summed E-state index contributed by atoms with van der Waals surface area (Å²) in [4.78, 5) is 22.7. The molecular weight excluding hydrogens is 328 g/mol. The topological polar surface area (TPSA) is 74.6 Å². The minimum atomic E-state index is -0.748. The van der Waals surface area contributed by atoms with Crippen LogP contribution in [0, 0.1) is 24.7 Å². The van der Waals surface area contributed by atoms with E-state index in [0.29, 0.717) is 6.42 Å². The molecule has 0 atom stereocenters. The number of aryl methyl sites for hydroxylation is 2. The van der Waals surface area contributed by atoms with E-state index in [1.165, 1.54) is 22.3 Å². The van der Waals surface area contributed by atoms with Crippen LogP contribution >= 0.6 is 0 Å². The summed E-state index contributed by atoms with van der Waals surface area (Å²) in [5.74, 6) is -1.39. The Morgan fingerprint density at radius 1 is 1.00 bits per heavy atom. The van der Waals surface area contributed by atoms with Crippen molar-refractivity contribution < 1.29 is 19.8 Å². The zero-order chi connectivity index (χ0) is 19.5. The first-order valence-corrected chi connectivity index (χ1v) is 9.64. The maximum atomic E-state index is 11.4. The first-order valence-electron chi connectivity index (χ1n) is 9.64. The Morgan fingerprint density at radius 2 is 1.50 bits per heavy atom. The summed E-state index contributed by atoms with van der Waals surface area (Å²) in [7, 11) is 0. The third kappa shape index (κ3) is 4.66. The van der Waals surface area contributed by atoms with Crippen LogP contribution in [0.25, 0.3) is 0 Å². The molecule has 2 rings (SSSR count). The highest BCUT2D eigenvalue weighted by molar-refractivity contribution is 5.77. The van der Waals surface area contributed by atoms with Crippen molar-refractivity contribution in [2.45, 2.75) is 79.1 Å². The SMILES string of the molecule is Cc1ccc(C)c(CCCC2(C(=O)O)CC2)c1CCCC(C)(C)C(=O)O. The smallest absolute Gasteiger partial charge is 0.309 e. The molecule has 0 unspecified atom stereocenters. The van der Waals surface area contributed by atoms with E-state index < -0.39 is 22.8 Å². The molecule has 1 saturated carbocycles. The van der Waals surface area contributed by atoms with E-state index in [-0.39, 0.29) is 0 Å². The van der Waals surface area contributed by atoms with Gasteiger partial charge in [0, 0.05) is 0 Å². The van der Waals surface area contributed by atoms with E-state index in [9.17, 15) is 19.8 Å². The molecule has 1 aliphatic rings. The van der Waals surface area contributed by atoms with Crippen molar-refractivity contribution in [2.24, 2.45) is 10.8 Å². The van der Waals surface area contributed by atoms with Gasteiger partial charge >= 0.3 is 11.9 Å². The molecule has 0 saturated heterocycles. The predicted octanol–water partition coefficient (Wildman–Crippen LogP) is 4.92. The van der Waals surface area contributed by atoms with Crippen LogP contribution in [0.5, 0.6) is 0 Å². The lowest BCUT2D eigenvalue weighted by molar-refractivity contribution is -0.147. The van der Waals surface area contributed by atoms with Gasteiger partial charge in [0.1, 0.15) is 0 Å². The third-order valence-corrected chi connectivity index (χ3v) is 6.10. The fraction of sp³-hybridized carbons (Fsp3) is 0.636. The lowest BCUT2D eigenvalue weighted by Crippen LogP contribution is -2.23. The maximum Gasteiger partial charge on any atom is 0.309 e. The van der Waals surface area contributed by atoms with Crippen LogP contribution in [0.4, 0.5) is 0 Å². The Balaban J connectivity index is 2.03. The number of carboxylic acid groups (broad SMARTS) is 2. The number of hydrogen-bond acceptors (Lipinski definition) is 2. The van der Waals surface area contributed by atoms with Crippen molar-refractivity contribution in [3.05, 3.63) is 34.4 Å². The first kappa shape index (κ1) is 20.5. The lowest BCUT2D eigenvalue weighted by Gasteiger charge is -2.21. The molecular formula is C22H32O4. The van der Waals surface area contributed by atoms with Crippen molar-refractivity contribution >= 4 is 11.9 Å². The van der Waals surface area contributed by atoms with Crippen molar-refractivity contribution in [2.75, 3.05) is 0 Å². The quantitative estimate of drug-likeness (QED) is 0.621. The Kier molecular flexibility index (Phi) is 6.15. The van der Waals surface area contributed by atoms with E-state index in [1.807, 2.05) is 0 Å². The molecule has 2 N–H and O–H groups in total. The van der Waals surface area contributed by atoms with Crippen LogP contribution in [0.3, 0.4) is 0 Å². The summed E-state index contributed by atoms with van der Waals surface area (Å²) in [6.45, 7) is 7.78. The van der Waals surface area contributed by atoms with Crippen LogP contribution in [0.1, 0.15) is 74.6 Å². The molecule has 4 nitrogen and oxygen atoms in total. The Morgan fingerprint density at radius 3 is 1.92 bits per heavy atom. The van der Waals surface area contributed by atoms with Crippen molar-refractivity contribution in [3.63, 3.8) is 0 Å². The van der Waals surface area contributed by atoms with Crippen LogP contribution in [0.15, 0.2) is 12.1 Å². The van der Waals surface area contributed by atoms with Gasteiger partial charge in [0.15, 0.2) is 0 Å². The van der Waals surface area contributed by atoms with Gasteiger partial charge in [-0.15, -0.1) is 0 Å². The van der Waals surface area contributed by atoms with Gasteiger partial charge in [0.05, 0.1) is 10.8 Å². The number of hydrogen-bond donors (Lipinski definition) is 2. The average Bonchev–Trinajstić information content (AvgIpc) is 3.34. The van der Waals surface area contributed by atoms with Gasteiger partial charge in [0.2, 0.25) is 0 Å². The first-order chi connectivity index (χ1) is 12.1. The van der Waals surface area contributed by atoms with Crippen molar-refractivity contribution in [1.82, 2.24) is 0 Å². The van der Waals surface area contributed by atoms with Crippen LogP contribution in [-0.2, 0) is 22.4 Å². The third-order valence-electron chi connectivity index (χ3n) is 6.10. The van der Waals surface area contributed by atoms with Gasteiger partial charge in [-0.25, -0.2) is 0 Å². The second-order valence-electron chi connectivity index (χ2n) is 8.64. The van der Waals surface area contributed by atoms with E-state index in [2.05, 4.69) is 26.0 Å². The molecule has 26 heavy (non-hydrogen) atoms. The van der Waals surface area contributed by atoms with Crippen molar-refractivity contribution in [3.8, 4) is 0 Å². The summed E-state index contributed by atoms with van der Waals surface area (Å²) < 4.78 is 0. The van der Waals surface area contributed by atoms with Gasteiger partial charge in [-0.1, -0.05) is 12.1 Å². The van der Waals surface area contributed by atoms with Gasteiger partial charge < -0.3 is 10.2 Å². The predicted molar refractivity (Wildman–Crippen MR) is 103 cm³/mol. The van der Waals surface area contributed by atoms with E-state index in [1.54, 1.807) is 13.8 Å². The molecule has 1 fully saturated rings. The standard InChI is InChI=1S/C22H32O4/c1-15-9-10-16(2)18(8-6-12-22(13-14-22)20(25)26)17(15)7-5-11-21(3,4)19(23)24/h9-10H,5-8,11-14H2,1-4H3,(H,23,24)(H,25,26). The highest BCUT2D eigenvalue weighted by Gasteiger charge is 2.49. The number of carbonyl (C=O) groups is 2. The minimum absolute atomic E-state index is 0.455. The Labute approximate surface area is 156 Å². The molecule has 0 aliphatic heterocycles. The number of rotatable bonds is 10. The molecule has 4 heteroatoms. The molecule has 0 bridgehead atoms. The maximum absolute atomic E-state index is 11.4. The van der Waals surface area contributed by atoms with E-state index in [4.69, 9.17) is 0 Å². The monoisotopic (exact) mass is 360 g/mol. The molecule has 144 valence electrons. The number of benzene rings is 1. The van der Waals surface area contributed by atoms with E-state index in [0.717, 1.165) is 44.9 Å². The zero-order valence-electron chi connectivity index (χ0n) is 16.5. The number of carboxylic acids is 2. The fourth-order valence-corrected chi connectivity index (χ4v) is 3.76. The molecule has 1 aromatic carbocycles. The van der Waals surface area contributed by atoms with Crippen molar-refractivity contribution in [1.29, 1.82) is 0 Å². The summed E-state index contributed by atoms with van der Waals surface area (Å²) >= 11 is 0. The van der Waals surface area contributed by atoms with Crippen LogP contribution in [-0.4, -0.2) is 22.2 Å². The Bertz CT molecular complexity index is 637. The lowest BCUT2D eigenvalue weighted by atomic mass is 9.84. The van der Waals surface area contributed by atoms with Gasteiger partial charge in [0.25, 0.3) is 0 Å². The second-order valence-corrected chi connectivity index (χ2v) is 8.64. The second kappa shape index (κ2) is 7.81. The molecule has 1 aliphatic carbocycles. The highest BCUT2D eigenvalue weighted by atomic mass is 16.4. The molecule has 0 spiro atoms. The molecule has 1 aromatic rings. The largest absolute Gasteiger partial charge is 0.481 e. The van der Waals surface area contributed by atoms with Gasteiger partial charge in [-0.05, 0) is 101 Å². The van der Waals surface area contributed by atoms with Crippen LogP contribution in [0.2, 0.25) is 0 Å². The highest BCUT2D eigenvalue weighted by Crippen LogP contribution is 2.50. The normalized spacial score (nSPS) is 15.7. The summed E-state index contributed by atoms with van der Waals surface area (Å²) in [6.07, 6.45) is 6.54. The summed E-state index contributed by atoms with van der Waals surface area (Å²) in [6, 6.07) is 4.27. The summed E-state index contributed by atoms with van der Waals surface area (Å²) in [5.41, 5.74) is 4.01. The molecule has 0 heterocycles. The summed E-state index contributed by atoms with van der Waals surface area (Å²) in [5, 5.41) is 18.6. The van der Waals surface area contributed by atoms with Crippen LogP contribution < -0.4 is 0 Å². The molecule has 0 amide bonds. The van der Waals surface area contributed by atoms with Gasteiger partial charge in [-0.2, -0.15) is 0 Å². The minimum Gasteiger partial charge on any atom is -0.481 e. The van der Waals surface area contributed by atoms with E-state index >= 15 is 0 Å². The zero-order valence-corrected chi connectivity index (χ0v) is 16.5. The van der Waals surface area contributed by atoms with Gasteiger partial charge in [-0.3, -0.25) is 9.59 Å². The Hall–Kier alpha value is -1.84. The number of aliphatic carboxylic acids is 2. The molecule has 0 radical (unpaired) electrons.